The molecule has 0 fully saturated rings. The smallest absolute Gasteiger partial charge is 0.240 e. The molecular formula is C11H15N3O. The summed E-state index contributed by atoms with van der Waals surface area (Å²) >= 11 is 0. The van der Waals surface area contributed by atoms with Crippen molar-refractivity contribution in [1.82, 2.24) is 10.4 Å². The number of carbonyl (C=O) groups is 1. The SMILES string of the molecule is CCCCC(=O)N/N=C/c1ccccn1. The minimum absolute atomic E-state index is 0.0518. The van der Waals surface area contributed by atoms with Crippen LogP contribution in [0, 0.1) is 0 Å². The highest BCUT2D eigenvalue weighted by Crippen LogP contribution is 1.93. The maximum atomic E-state index is 11.1. The summed E-state index contributed by atoms with van der Waals surface area (Å²) in [6.45, 7) is 2.05. The van der Waals surface area contributed by atoms with E-state index in [2.05, 4.69) is 15.5 Å². The molecule has 0 aliphatic heterocycles. The maximum Gasteiger partial charge on any atom is 0.240 e. The molecular weight excluding hydrogens is 190 g/mol. The average molecular weight is 205 g/mol. The summed E-state index contributed by atoms with van der Waals surface area (Å²) in [5.74, 6) is -0.0518. The number of aromatic nitrogens is 1. The van der Waals surface area contributed by atoms with E-state index in [0.717, 1.165) is 18.5 Å². The fraction of sp³-hybridized carbons (Fsp3) is 0.364. The number of hydrogen-bond donors (Lipinski definition) is 1. The molecule has 0 unspecified atom stereocenters. The quantitative estimate of drug-likeness (QED) is 0.587. The van der Waals surface area contributed by atoms with Crippen LogP contribution in [-0.2, 0) is 4.79 Å². The van der Waals surface area contributed by atoms with Crippen LogP contribution < -0.4 is 5.43 Å². The summed E-state index contributed by atoms with van der Waals surface area (Å²) in [5.41, 5.74) is 3.19. The highest BCUT2D eigenvalue weighted by Gasteiger charge is 1.96. The number of carbonyl (C=O) groups excluding carboxylic acids is 1. The van der Waals surface area contributed by atoms with E-state index in [9.17, 15) is 4.79 Å². The number of pyridine rings is 1. The van der Waals surface area contributed by atoms with Crippen molar-refractivity contribution >= 4 is 12.1 Å². The Morgan fingerprint density at radius 3 is 3.13 bits per heavy atom. The van der Waals surface area contributed by atoms with Crippen LogP contribution in [0.15, 0.2) is 29.5 Å². The number of rotatable bonds is 5. The third kappa shape index (κ3) is 4.90. The van der Waals surface area contributed by atoms with Gasteiger partial charge in [-0.15, -0.1) is 0 Å². The maximum absolute atomic E-state index is 11.1. The normalized spacial score (nSPS) is 10.5. The second-order valence-electron chi connectivity index (χ2n) is 3.15. The van der Waals surface area contributed by atoms with Gasteiger partial charge in [-0.2, -0.15) is 5.10 Å². The molecule has 0 spiro atoms. The van der Waals surface area contributed by atoms with Crippen molar-refractivity contribution in [2.24, 2.45) is 5.10 Å². The summed E-state index contributed by atoms with van der Waals surface area (Å²) in [6.07, 6.45) is 5.64. The van der Waals surface area contributed by atoms with Gasteiger partial charge in [-0.1, -0.05) is 19.4 Å². The first-order chi connectivity index (χ1) is 7.33. The van der Waals surface area contributed by atoms with Crippen LogP contribution in [0.3, 0.4) is 0 Å². The van der Waals surface area contributed by atoms with Gasteiger partial charge in [0.2, 0.25) is 5.91 Å². The molecule has 0 aliphatic rings. The van der Waals surface area contributed by atoms with Gasteiger partial charge in [-0.3, -0.25) is 9.78 Å². The van der Waals surface area contributed by atoms with E-state index in [1.54, 1.807) is 6.20 Å². The van der Waals surface area contributed by atoms with Gasteiger partial charge in [-0.05, 0) is 18.6 Å². The lowest BCUT2D eigenvalue weighted by molar-refractivity contribution is -0.121. The van der Waals surface area contributed by atoms with E-state index in [1.165, 1.54) is 6.21 Å². The number of hydrazone groups is 1. The van der Waals surface area contributed by atoms with Gasteiger partial charge in [0.05, 0.1) is 11.9 Å². The van der Waals surface area contributed by atoms with E-state index >= 15 is 0 Å². The summed E-state index contributed by atoms with van der Waals surface area (Å²) in [5, 5.41) is 3.81. The first-order valence-electron chi connectivity index (χ1n) is 5.06. The average Bonchev–Trinajstić information content (AvgIpc) is 2.28. The third-order valence-electron chi connectivity index (χ3n) is 1.83. The number of nitrogens with one attached hydrogen (secondary N) is 1. The Morgan fingerprint density at radius 2 is 2.47 bits per heavy atom. The fourth-order valence-corrected chi connectivity index (χ4v) is 1.02. The second kappa shape index (κ2) is 6.70. The lowest BCUT2D eigenvalue weighted by Gasteiger charge is -1.96. The molecule has 0 bridgehead atoms. The van der Waals surface area contributed by atoms with Crippen LogP contribution in [0.2, 0.25) is 0 Å². The van der Waals surface area contributed by atoms with Crippen molar-refractivity contribution in [1.29, 1.82) is 0 Å². The van der Waals surface area contributed by atoms with Gasteiger partial charge in [0.15, 0.2) is 0 Å². The first-order valence-corrected chi connectivity index (χ1v) is 5.06. The summed E-state index contributed by atoms with van der Waals surface area (Å²) in [4.78, 5) is 15.2. The van der Waals surface area contributed by atoms with Crippen molar-refractivity contribution in [2.45, 2.75) is 26.2 Å². The second-order valence-corrected chi connectivity index (χ2v) is 3.15. The number of nitrogens with zero attached hydrogens (tertiary/aromatic N) is 2. The van der Waals surface area contributed by atoms with Crippen LogP contribution in [0.25, 0.3) is 0 Å². The van der Waals surface area contributed by atoms with Gasteiger partial charge in [0, 0.05) is 12.6 Å². The first kappa shape index (κ1) is 11.4. The predicted octanol–water partition coefficient (Wildman–Crippen LogP) is 1.72. The van der Waals surface area contributed by atoms with E-state index in [0.29, 0.717) is 6.42 Å². The molecule has 1 rings (SSSR count). The molecule has 1 heterocycles. The highest BCUT2D eigenvalue weighted by molar-refractivity contribution is 5.80. The molecule has 1 aromatic rings. The zero-order valence-corrected chi connectivity index (χ0v) is 8.81. The van der Waals surface area contributed by atoms with Crippen molar-refractivity contribution in [3.63, 3.8) is 0 Å². The number of unbranched alkanes of at least 4 members (excludes halogenated alkanes) is 1. The van der Waals surface area contributed by atoms with Gasteiger partial charge in [0.25, 0.3) is 0 Å². The Morgan fingerprint density at radius 1 is 1.60 bits per heavy atom. The summed E-state index contributed by atoms with van der Waals surface area (Å²) in [7, 11) is 0. The molecule has 15 heavy (non-hydrogen) atoms. The molecule has 80 valence electrons. The monoisotopic (exact) mass is 205 g/mol. The molecule has 4 nitrogen and oxygen atoms in total. The van der Waals surface area contributed by atoms with Gasteiger partial charge in [0.1, 0.15) is 0 Å². The van der Waals surface area contributed by atoms with Crippen molar-refractivity contribution in [2.75, 3.05) is 0 Å². The Bertz CT molecular complexity index is 322. The minimum atomic E-state index is -0.0518. The number of amides is 1. The Hall–Kier alpha value is -1.71. The fourth-order valence-electron chi connectivity index (χ4n) is 1.02. The van der Waals surface area contributed by atoms with Crippen molar-refractivity contribution in [3.8, 4) is 0 Å². The predicted molar refractivity (Wildman–Crippen MR) is 59.5 cm³/mol. The standard InChI is InChI=1S/C11H15N3O/c1-2-3-7-11(15)14-13-9-10-6-4-5-8-12-10/h4-6,8-9H,2-3,7H2,1H3,(H,14,15)/b13-9+. The molecule has 4 heteroatoms. The van der Waals surface area contributed by atoms with Gasteiger partial charge < -0.3 is 0 Å². The molecule has 0 radical (unpaired) electrons. The molecule has 1 amide bonds. The van der Waals surface area contributed by atoms with Crippen LogP contribution in [0.4, 0.5) is 0 Å². The van der Waals surface area contributed by atoms with Crippen LogP contribution >= 0.6 is 0 Å². The zero-order chi connectivity index (χ0) is 10.9. The van der Waals surface area contributed by atoms with E-state index in [1.807, 2.05) is 25.1 Å². The summed E-state index contributed by atoms with van der Waals surface area (Å²) < 4.78 is 0. The summed E-state index contributed by atoms with van der Waals surface area (Å²) in [6, 6.07) is 5.52. The molecule has 0 saturated heterocycles. The highest BCUT2D eigenvalue weighted by atomic mass is 16.2. The number of hydrogen-bond acceptors (Lipinski definition) is 3. The van der Waals surface area contributed by atoms with Crippen LogP contribution in [0.1, 0.15) is 31.9 Å². The molecule has 0 atom stereocenters. The molecule has 1 aromatic heterocycles. The van der Waals surface area contributed by atoms with Crippen molar-refractivity contribution < 1.29 is 4.79 Å². The lowest BCUT2D eigenvalue weighted by Crippen LogP contribution is -2.16. The van der Waals surface area contributed by atoms with E-state index < -0.39 is 0 Å². The Kier molecular flexibility index (Phi) is 5.08. The van der Waals surface area contributed by atoms with Gasteiger partial charge in [-0.25, -0.2) is 5.43 Å². The van der Waals surface area contributed by atoms with E-state index in [-0.39, 0.29) is 5.91 Å². The van der Waals surface area contributed by atoms with Crippen LogP contribution in [0.5, 0.6) is 0 Å². The molecule has 0 saturated carbocycles. The van der Waals surface area contributed by atoms with E-state index in [4.69, 9.17) is 0 Å². The largest absolute Gasteiger partial charge is 0.273 e. The topological polar surface area (TPSA) is 54.4 Å². The molecule has 1 N–H and O–H groups in total. The van der Waals surface area contributed by atoms with Crippen molar-refractivity contribution in [3.05, 3.63) is 30.1 Å². The lowest BCUT2D eigenvalue weighted by atomic mass is 10.2. The molecule has 0 aliphatic carbocycles. The van der Waals surface area contributed by atoms with Gasteiger partial charge >= 0.3 is 0 Å². The third-order valence-corrected chi connectivity index (χ3v) is 1.83. The molecule has 0 aromatic carbocycles. The zero-order valence-electron chi connectivity index (χ0n) is 8.81. The van der Waals surface area contributed by atoms with Crippen LogP contribution in [-0.4, -0.2) is 17.1 Å². The Balaban J connectivity index is 2.31. The minimum Gasteiger partial charge on any atom is -0.273 e. The Labute approximate surface area is 89.4 Å².